The third kappa shape index (κ3) is 6.15. The molecule has 2 aliphatic heterocycles. The van der Waals surface area contributed by atoms with Gasteiger partial charge in [-0.2, -0.15) is 4.98 Å². The number of aliphatic hydroxyl groups is 1. The summed E-state index contributed by atoms with van der Waals surface area (Å²) >= 11 is 0. The van der Waals surface area contributed by atoms with Gasteiger partial charge in [-0.3, -0.25) is 4.98 Å². The van der Waals surface area contributed by atoms with E-state index in [-0.39, 0.29) is 6.10 Å². The average molecular weight is 494 g/mol. The summed E-state index contributed by atoms with van der Waals surface area (Å²) in [6, 6.07) is 6.67. The summed E-state index contributed by atoms with van der Waals surface area (Å²) in [4.78, 5) is 16.8. The third-order valence-corrected chi connectivity index (χ3v) is 8.43. The topological polar surface area (TPSA) is 98.2 Å². The van der Waals surface area contributed by atoms with Crippen LogP contribution in [0.4, 0.5) is 11.8 Å². The number of fused-ring (bicyclic) bond motifs is 2. The largest absolute Gasteiger partial charge is 0.393 e. The van der Waals surface area contributed by atoms with Crippen molar-refractivity contribution in [1.29, 1.82) is 0 Å². The number of hydrogen-bond acceptors (Lipinski definition) is 8. The van der Waals surface area contributed by atoms with Crippen LogP contribution < -0.4 is 16.0 Å². The van der Waals surface area contributed by atoms with Gasteiger partial charge in [0, 0.05) is 49.7 Å². The number of nitrogens with one attached hydrogen (secondary N) is 3. The van der Waals surface area contributed by atoms with E-state index in [2.05, 4.69) is 51.9 Å². The number of rotatable bonds is 10. The van der Waals surface area contributed by atoms with Crippen LogP contribution in [0.1, 0.15) is 76.7 Å². The lowest BCUT2D eigenvalue weighted by Crippen LogP contribution is -2.46. The van der Waals surface area contributed by atoms with E-state index in [4.69, 9.17) is 9.97 Å². The van der Waals surface area contributed by atoms with Crippen molar-refractivity contribution in [3.8, 4) is 11.3 Å². The van der Waals surface area contributed by atoms with Crippen molar-refractivity contribution in [2.45, 2.75) is 108 Å². The summed E-state index contributed by atoms with van der Waals surface area (Å²) in [6.07, 6.45) is 14.7. The number of unbranched alkanes of at least 4 members (excludes halogenated alkanes) is 1. The molecule has 8 nitrogen and oxygen atoms in total. The molecule has 3 aliphatic rings. The van der Waals surface area contributed by atoms with Gasteiger partial charge in [-0.25, -0.2) is 4.98 Å². The van der Waals surface area contributed by atoms with Gasteiger partial charge >= 0.3 is 0 Å². The van der Waals surface area contributed by atoms with E-state index >= 15 is 0 Å². The Morgan fingerprint density at radius 1 is 0.972 bits per heavy atom. The molecule has 4 N–H and O–H groups in total. The number of pyridine rings is 1. The molecule has 2 bridgehead atoms. The molecule has 2 aromatic heterocycles. The Balaban J connectivity index is 1.25. The summed E-state index contributed by atoms with van der Waals surface area (Å²) < 4.78 is 0. The van der Waals surface area contributed by atoms with Gasteiger partial charge in [0.15, 0.2) is 0 Å². The Morgan fingerprint density at radius 2 is 1.75 bits per heavy atom. The molecular formula is C28H43N7O. The first kappa shape index (κ1) is 25.4. The fraction of sp³-hybridized carbons (Fsp3) is 0.679. The van der Waals surface area contributed by atoms with Crippen LogP contribution in [0.15, 0.2) is 24.5 Å². The van der Waals surface area contributed by atoms with Gasteiger partial charge in [0.25, 0.3) is 0 Å². The van der Waals surface area contributed by atoms with E-state index in [0.717, 1.165) is 80.8 Å². The highest BCUT2D eigenvalue weighted by Gasteiger charge is 2.38. The predicted molar refractivity (Wildman–Crippen MR) is 145 cm³/mol. The Morgan fingerprint density at radius 3 is 2.44 bits per heavy atom. The molecule has 5 rings (SSSR count). The minimum atomic E-state index is -0.174. The summed E-state index contributed by atoms with van der Waals surface area (Å²) in [5.41, 5.74) is 3.02. The number of hydrogen-bond donors (Lipinski definition) is 4. The quantitative estimate of drug-likeness (QED) is 0.366. The van der Waals surface area contributed by atoms with Crippen LogP contribution >= 0.6 is 0 Å². The Bertz CT molecular complexity index is 962. The van der Waals surface area contributed by atoms with Crippen LogP contribution in [0.5, 0.6) is 0 Å². The van der Waals surface area contributed by atoms with Crippen molar-refractivity contribution in [2.75, 3.05) is 24.2 Å². The second-order valence-electron chi connectivity index (χ2n) is 11.0. The summed E-state index contributed by atoms with van der Waals surface area (Å²) in [5.74, 6) is 1.48. The number of aliphatic hydroxyl groups excluding tert-OH is 1. The molecule has 2 aromatic rings. The SMILES string of the molecule is CCCCNc1ncc(-c2ccc(CNC3CC4CCC(C3)N4C)cn2)c(NC2CCC(O)CC2)n1. The van der Waals surface area contributed by atoms with Crippen LogP contribution in [-0.2, 0) is 6.54 Å². The van der Waals surface area contributed by atoms with E-state index in [9.17, 15) is 5.11 Å². The first-order valence-corrected chi connectivity index (χ1v) is 14.0. The molecule has 1 saturated carbocycles. The molecule has 8 heteroatoms. The Hall–Kier alpha value is -2.29. The van der Waals surface area contributed by atoms with Gasteiger partial charge in [0.05, 0.1) is 17.4 Å². The highest BCUT2D eigenvalue weighted by atomic mass is 16.3. The van der Waals surface area contributed by atoms with Crippen LogP contribution in [0.25, 0.3) is 11.3 Å². The zero-order chi connectivity index (χ0) is 24.9. The number of aromatic nitrogens is 3. The van der Waals surface area contributed by atoms with E-state index in [0.29, 0.717) is 18.0 Å². The minimum Gasteiger partial charge on any atom is -0.393 e. The molecule has 4 heterocycles. The monoisotopic (exact) mass is 493 g/mol. The lowest BCUT2D eigenvalue weighted by Gasteiger charge is -2.36. The minimum absolute atomic E-state index is 0.174. The number of piperidine rings is 1. The van der Waals surface area contributed by atoms with Gasteiger partial charge in [-0.05, 0) is 76.5 Å². The van der Waals surface area contributed by atoms with E-state index < -0.39 is 0 Å². The highest BCUT2D eigenvalue weighted by molar-refractivity contribution is 5.73. The van der Waals surface area contributed by atoms with Gasteiger partial charge in [0.1, 0.15) is 5.82 Å². The van der Waals surface area contributed by atoms with Gasteiger partial charge in [-0.1, -0.05) is 19.4 Å². The van der Waals surface area contributed by atoms with E-state index in [1.165, 1.54) is 31.2 Å². The van der Waals surface area contributed by atoms with Gasteiger partial charge in [-0.15, -0.1) is 0 Å². The first-order valence-electron chi connectivity index (χ1n) is 14.0. The van der Waals surface area contributed by atoms with Crippen molar-refractivity contribution in [3.63, 3.8) is 0 Å². The lowest BCUT2D eigenvalue weighted by molar-refractivity contribution is 0.126. The van der Waals surface area contributed by atoms with Crippen molar-refractivity contribution in [1.82, 2.24) is 25.2 Å². The maximum Gasteiger partial charge on any atom is 0.224 e. The van der Waals surface area contributed by atoms with Crippen LogP contribution in [0.2, 0.25) is 0 Å². The summed E-state index contributed by atoms with van der Waals surface area (Å²) in [6.45, 7) is 3.90. The third-order valence-electron chi connectivity index (χ3n) is 8.43. The zero-order valence-corrected chi connectivity index (χ0v) is 21.9. The normalized spacial score (nSPS) is 28.2. The van der Waals surface area contributed by atoms with Crippen LogP contribution in [0.3, 0.4) is 0 Å². The Kier molecular flexibility index (Phi) is 8.34. The predicted octanol–water partition coefficient (Wildman–Crippen LogP) is 4.18. The molecule has 2 saturated heterocycles. The van der Waals surface area contributed by atoms with Crippen molar-refractivity contribution >= 4 is 11.8 Å². The molecule has 2 atom stereocenters. The molecule has 3 fully saturated rings. The van der Waals surface area contributed by atoms with Crippen molar-refractivity contribution < 1.29 is 5.11 Å². The van der Waals surface area contributed by atoms with Gasteiger partial charge < -0.3 is 26.0 Å². The average Bonchev–Trinajstić information content (AvgIpc) is 3.09. The second kappa shape index (κ2) is 11.8. The maximum absolute atomic E-state index is 9.90. The van der Waals surface area contributed by atoms with Crippen LogP contribution in [-0.4, -0.2) is 68.8 Å². The smallest absolute Gasteiger partial charge is 0.224 e. The molecule has 36 heavy (non-hydrogen) atoms. The fourth-order valence-electron chi connectivity index (χ4n) is 6.08. The lowest BCUT2D eigenvalue weighted by atomic mass is 9.93. The Labute approximate surface area is 215 Å². The van der Waals surface area contributed by atoms with Gasteiger partial charge in [0.2, 0.25) is 5.95 Å². The highest BCUT2D eigenvalue weighted by Crippen LogP contribution is 2.34. The number of anilines is 2. The number of nitrogens with zero attached hydrogens (tertiary/aromatic N) is 4. The summed E-state index contributed by atoms with van der Waals surface area (Å²) in [5, 5.41) is 20.7. The molecule has 1 aliphatic carbocycles. The summed E-state index contributed by atoms with van der Waals surface area (Å²) in [7, 11) is 2.29. The molecular weight excluding hydrogens is 450 g/mol. The van der Waals surface area contributed by atoms with Crippen molar-refractivity contribution in [2.24, 2.45) is 0 Å². The van der Waals surface area contributed by atoms with E-state index in [1.54, 1.807) is 0 Å². The van der Waals surface area contributed by atoms with E-state index in [1.807, 2.05) is 12.4 Å². The van der Waals surface area contributed by atoms with Crippen LogP contribution in [0, 0.1) is 0 Å². The maximum atomic E-state index is 9.90. The molecule has 0 spiro atoms. The molecule has 196 valence electrons. The second-order valence-corrected chi connectivity index (χ2v) is 11.0. The molecule has 0 radical (unpaired) electrons. The molecule has 2 unspecified atom stereocenters. The fourth-order valence-corrected chi connectivity index (χ4v) is 6.08. The van der Waals surface area contributed by atoms with Crippen molar-refractivity contribution in [3.05, 3.63) is 30.1 Å². The molecule has 0 amide bonds. The standard InChI is InChI=1S/C28H43N7O/c1-3-4-13-29-28-32-18-25(27(34-28)33-20-6-10-24(36)11-7-20)26-12-5-19(17-31-26)16-30-21-14-22-8-9-23(15-21)35(22)2/h5,12,17-18,20-24,30,36H,3-4,6-11,13-16H2,1-2H3,(H2,29,32,33,34). The zero-order valence-electron chi connectivity index (χ0n) is 21.9. The molecule has 0 aromatic carbocycles. The first-order chi connectivity index (χ1) is 17.6.